The molecular formula is C21H19ClN4O2S. The molecule has 0 N–H and O–H groups in total. The monoisotopic (exact) mass is 426 g/mol. The van der Waals surface area contributed by atoms with Gasteiger partial charge < -0.3 is 14.4 Å². The lowest BCUT2D eigenvalue weighted by atomic mass is 10.1. The Labute approximate surface area is 178 Å². The molecule has 8 heteroatoms. The number of aryl methyl sites for hydroxylation is 1. The highest BCUT2D eigenvalue weighted by Gasteiger charge is 2.18. The number of methoxy groups -OCH3 is 1. The molecule has 0 saturated heterocycles. The van der Waals surface area contributed by atoms with E-state index in [1.807, 2.05) is 56.3 Å². The zero-order valence-electron chi connectivity index (χ0n) is 16.4. The van der Waals surface area contributed by atoms with Gasteiger partial charge >= 0.3 is 0 Å². The summed E-state index contributed by atoms with van der Waals surface area (Å²) in [6.07, 6.45) is 1.68. The van der Waals surface area contributed by atoms with Gasteiger partial charge in [-0.2, -0.15) is 9.64 Å². The third-order valence-electron chi connectivity index (χ3n) is 4.01. The van der Waals surface area contributed by atoms with Gasteiger partial charge in [-0.1, -0.05) is 11.6 Å². The molecule has 2 aromatic carbocycles. The smallest absolute Gasteiger partial charge is 0.218 e. The van der Waals surface area contributed by atoms with Crippen LogP contribution < -0.4 is 9.47 Å². The van der Waals surface area contributed by atoms with Crippen LogP contribution in [0.15, 0.2) is 41.4 Å². The van der Waals surface area contributed by atoms with Crippen molar-refractivity contribution >= 4 is 35.2 Å². The summed E-state index contributed by atoms with van der Waals surface area (Å²) < 4.78 is 15.6. The van der Waals surface area contributed by atoms with E-state index >= 15 is 0 Å². The molecule has 0 bridgehead atoms. The quantitative estimate of drug-likeness (QED) is 0.375. The molecule has 0 aliphatic heterocycles. The van der Waals surface area contributed by atoms with E-state index in [2.05, 4.69) is 15.4 Å². The first kappa shape index (κ1) is 20.6. The van der Waals surface area contributed by atoms with Crippen LogP contribution in [0.1, 0.15) is 11.1 Å². The lowest BCUT2D eigenvalue weighted by Crippen LogP contribution is -2.07. The number of aliphatic imine (C=N–C) groups is 1. The maximum absolute atomic E-state index is 9.68. The predicted molar refractivity (Wildman–Crippen MR) is 117 cm³/mol. The van der Waals surface area contributed by atoms with Crippen molar-refractivity contribution in [2.75, 3.05) is 21.2 Å². The zero-order valence-corrected chi connectivity index (χ0v) is 18.0. The van der Waals surface area contributed by atoms with Gasteiger partial charge in [-0.25, -0.2) is 4.99 Å². The van der Waals surface area contributed by atoms with Crippen LogP contribution in [-0.4, -0.2) is 36.8 Å². The Bertz CT molecular complexity index is 1090. The Morgan fingerprint density at radius 3 is 2.59 bits per heavy atom. The summed E-state index contributed by atoms with van der Waals surface area (Å²) in [5.41, 5.74) is 3.27. The number of halogens is 1. The highest BCUT2D eigenvalue weighted by Crippen LogP contribution is 2.40. The van der Waals surface area contributed by atoms with Crippen molar-refractivity contribution < 1.29 is 9.47 Å². The second-order valence-corrected chi connectivity index (χ2v) is 7.56. The van der Waals surface area contributed by atoms with Gasteiger partial charge in [0.05, 0.1) is 24.2 Å². The zero-order chi connectivity index (χ0) is 21.0. The summed E-state index contributed by atoms with van der Waals surface area (Å²) in [5.74, 6) is 1.29. The molecule has 0 spiro atoms. The molecule has 3 aromatic rings. The second-order valence-electron chi connectivity index (χ2n) is 6.41. The van der Waals surface area contributed by atoms with Crippen molar-refractivity contribution in [3.05, 3.63) is 52.5 Å². The van der Waals surface area contributed by atoms with Gasteiger partial charge in [-0.3, -0.25) is 0 Å². The fraction of sp³-hybridized carbons (Fsp3) is 0.190. The topological polar surface area (TPSA) is 70.7 Å². The van der Waals surface area contributed by atoms with E-state index in [-0.39, 0.29) is 0 Å². The maximum atomic E-state index is 9.68. The molecule has 6 nitrogen and oxygen atoms in total. The summed E-state index contributed by atoms with van der Waals surface area (Å²) in [6.45, 7) is 1.90. The molecule has 0 amide bonds. The molecule has 0 saturated carbocycles. The normalized spacial score (nSPS) is 10.8. The first-order valence-corrected chi connectivity index (χ1v) is 9.81. The summed E-state index contributed by atoms with van der Waals surface area (Å²) in [5, 5.41) is 10.6. The summed E-state index contributed by atoms with van der Waals surface area (Å²) >= 11 is 7.48. The molecule has 0 radical (unpaired) electrons. The van der Waals surface area contributed by atoms with Gasteiger partial charge in [0, 0.05) is 37.3 Å². The Hall–Kier alpha value is -3.08. The minimum Gasteiger partial charge on any atom is -0.497 e. The minimum absolute atomic E-state index is 0.380. The molecule has 0 aliphatic carbocycles. The van der Waals surface area contributed by atoms with Crippen LogP contribution in [0.25, 0.3) is 11.3 Å². The molecule has 29 heavy (non-hydrogen) atoms. The number of benzene rings is 2. The molecule has 1 aromatic heterocycles. The fourth-order valence-electron chi connectivity index (χ4n) is 2.52. The van der Waals surface area contributed by atoms with Gasteiger partial charge in [-0.05, 0) is 42.8 Å². The lowest BCUT2D eigenvalue weighted by Gasteiger charge is -2.10. The van der Waals surface area contributed by atoms with Gasteiger partial charge in [0.25, 0.3) is 0 Å². The lowest BCUT2D eigenvalue weighted by molar-refractivity contribution is 0.415. The molecule has 0 fully saturated rings. The Kier molecular flexibility index (Phi) is 6.37. The van der Waals surface area contributed by atoms with Crippen LogP contribution in [0.5, 0.6) is 16.6 Å². The van der Waals surface area contributed by atoms with Crippen LogP contribution >= 0.6 is 23.1 Å². The third-order valence-corrected chi connectivity index (χ3v) is 5.04. The average molecular weight is 427 g/mol. The van der Waals surface area contributed by atoms with Crippen molar-refractivity contribution in [1.82, 2.24) is 9.27 Å². The van der Waals surface area contributed by atoms with Gasteiger partial charge in [0.15, 0.2) is 0 Å². The number of hydrogen-bond donors (Lipinski definition) is 0. The van der Waals surface area contributed by atoms with E-state index in [1.54, 1.807) is 19.5 Å². The fourth-order valence-corrected chi connectivity index (χ4v) is 3.46. The van der Waals surface area contributed by atoms with E-state index < -0.39 is 0 Å². The predicted octanol–water partition coefficient (Wildman–Crippen LogP) is 5.67. The SMILES string of the molecule is COc1ccc(-c2nsc(Oc3cc(Cl)c(N=CN(C)C)cc3C)c2C#N)cc1. The van der Waals surface area contributed by atoms with E-state index in [0.29, 0.717) is 32.8 Å². The minimum atomic E-state index is 0.380. The van der Waals surface area contributed by atoms with E-state index in [9.17, 15) is 5.26 Å². The number of aromatic nitrogens is 1. The highest BCUT2D eigenvalue weighted by atomic mass is 35.5. The van der Waals surface area contributed by atoms with E-state index in [4.69, 9.17) is 21.1 Å². The van der Waals surface area contributed by atoms with Crippen LogP contribution in [0, 0.1) is 18.3 Å². The van der Waals surface area contributed by atoms with Crippen molar-refractivity contribution in [3.8, 4) is 33.9 Å². The van der Waals surface area contributed by atoms with Gasteiger partial charge in [-0.15, -0.1) is 0 Å². The molecule has 148 valence electrons. The number of nitriles is 1. The number of hydrogen-bond acceptors (Lipinski definition) is 6. The molecular weight excluding hydrogens is 408 g/mol. The van der Waals surface area contributed by atoms with Crippen molar-refractivity contribution in [3.63, 3.8) is 0 Å². The Morgan fingerprint density at radius 2 is 1.97 bits per heavy atom. The van der Waals surface area contributed by atoms with Crippen molar-refractivity contribution in [2.24, 2.45) is 4.99 Å². The Morgan fingerprint density at radius 1 is 1.24 bits per heavy atom. The average Bonchev–Trinajstić information content (AvgIpc) is 3.12. The largest absolute Gasteiger partial charge is 0.497 e. The molecule has 1 heterocycles. The number of ether oxygens (including phenoxy) is 2. The van der Waals surface area contributed by atoms with E-state index in [1.165, 1.54) is 0 Å². The molecule has 0 atom stereocenters. The summed E-state index contributed by atoms with van der Waals surface area (Å²) in [7, 11) is 5.37. The number of nitrogens with zero attached hydrogens (tertiary/aromatic N) is 4. The standard InChI is InChI=1S/C21H19ClN4O2S/c1-13-9-18(24-12-26(2)3)17(22)10-19(13)28-21-16(11-23)20(25-29-21)14-5-7-15(27-4)8-6-14/h5-10,12H,1-4H3. The summed E-state index contributed by atoms with van der Waals surface area (Å²) in [4.78, 5) is 6.17. The molecule has 3 rings (SSSR count). The van der Waals surface area contributed by atoms with Gasteiger partial charge in [0.1, 0.15) is 28.8 Å². The first-order chi connectivity index (χ1) is 13.9. The number of rotatable bonds is 6. The molecule has 0 unspecified atom stereocenters. The van der Waals surface area contributed by atoms with Crippen LogP contribution in [0.2, 0.25) is 5.02 Å². The van der Waals surface area contributed by atoms with Crippen LogP contribution in [0.4, 0.5) is 5.69 Å². The van der Waals surface area contributed by atoms with Gasteiger partial charge in [0.2, 0.25) is 5.06 Å². The Balaban J connectivity index is 1.92. The maximum Gasteiger partial charge on any atom is 0.218 e. The molecule has 0 aliphatic rings. The highest BCUT2D eigenvalue weighted by molar-refractivity contribution is 7.08. The van der Waals surface area contributed by atoms with Crippen LogP contribution in [0.3, 0.4) is 0 Å². The summed E-state index contributed by atoms with van der Waals surface area (Å²) in [6, 6.07) is 13.1. The van der Waals surface area contributed by atoms with Crippen molar-refractivity contribution in [1.29, 1.82) is 5.26 Å². The first-order valence-electron chi connectivity index (χ1n) is 8.65. The van der Waals surface area contributed by atoms with Crippen molar-refractivity contribution in [2.45, 2.75) is 6.92 Å². The van der Waals surface area contributed by atoms with E-state index in [0.717, 1.165) is 28.4 Å². The third kappa shape index (κ3) is 4.67. The van der Waals surface area contributed by atoms with Crippen LogP contribution in [-0.2, 0) is 0 Å². The second kappa shape index (κ2) is 8.95.